The first-order chi connectivity index (χ1) is 17.0. The molecule has 1 atom stereocenters. The quantitative estimate of drug-likeness (QED) is 0.246. The van der Waals surface area contributed by atoms with Crippen LogP contribution in [0.5, 0.6) is 5.75 Å². The number of halogens is 4. The number of benzene rings is 3. The van der Waals surface area contributed by atoms with E-state index in [1.807, 2.05) is 0 Å². The third kappa shape index (κ3) is 4.68. The van der Waals surface area contributed by atoms with Gasteiger partial charge in [0.05, 0.1) is 34.9 Å². The highest BCUT2D eigenvalue weighted by molar-refractivity contribution is 6.46. The van der Waals surface area contributed by atoms with Gasteiger partial charge in [0.2, 0.25) is 0 Å². The van der Waals surface area contributed by atoms with E-state index in [4.69, 9.17) is 16.3 Å². The second-order valence-electron chi connectivity index (χ2n) is 8.36. The van der Waals surface area contributed by atoms with Crippen LogP contribution >= 0.6 is 11.6 Å². The minimum atomic E-state index is -4.57. The van der Waals surface area contributed by atoms with Gasteiger partial charge in [-0.1, -0.05) is 54.1 Å². The van der Waals surface area contributed by atoms with Crippen LogP contribution < -0.4 is 4.74 Å². The Morgan fingerprint density at radius 2 is 1.75 bits per heavy atom. The van der Waals surface area contributed by atoms with Crippen molar-refractivity contribution in [1.82, 2.24) is 4.90 Å². The Hall–Kier alpha value is -3.78. The summed E-state index contributed by atoms with van der Waals surface area (Å²) < 4.78 is 45.1. The molecule has 1 amide bonds. The van der Waals surface area contributed by atoms with Crippen LogP contribution in [-0.4, -0.2) is 28.8 Å². The molecule has 4 rings (SSSR count). The van der Waals surface area contributed by atoms with E-state index >= 15 is 0 Å². The average molecular weight is 516 g/mol. The lowest BCUT2D eigenvalue weighted by atomic mass is 9.94. The van der Waals surface area contributed by atoms with Crippen molar-refractivity contribution >= 4 is 29.1 Å². The highest BCUT2D eigenvalue weighted by atomic mass is 35.5. The normalized spacial score (nSPS) is 17.5. The summed E-state index contributed by atoms with van der Waals surface area (Å²) in [7, 11) is 1.36. The van der Waals surface area contributed by atoms with Gasteiger partial charge in [0.25, 0.3) is 11.7 Å². The number of aryl methyl sites for hydroxylation is 1. The number of Topliss-reactive ketones (excluding diaryl/α,β-unsaturated/α-hetero) is 1. The van der Waals surface area contributed by atoms with Crippen LogP contribution in [0.4, 0.5) is 13.2 Å². The van der Waals surface area contributed by atoms with E-state index in [0.717, 1.165) is 17.0 Å². The van der Waals surface area contributed by atoms with Gasteiger partial charge >= 0.3 is 6.18 Å². The van der Waals surface area contributed by atoms with Gasteiger partial charge in [-0.25, -0.2) is 0 Å². The number of likely N-dealkylation sites (tertiary alicyclic amines) is 1. The predicted molar refractivity (Wildman–Crippen MR) is 128 cm³/mol. The van der Waals surface area contributed by atoms with Gasteiger partial charge in [-0.15, -0.1) is 0 Å². The minimum Gasteiger partial charge on any atom is -0.507 e. The summed E-state index contributed by atoms with van der Waals surface area (Å²) in [6.07, 6.45) is -4.57. The zero-order valence-electron chi connectivity index (χ0n) is 19.3. The van der Waals surface area contributed by atoms with Gasteiger partial charge < -0.3 is 14.7 Å². The number of aliphatic hydroxyl groups excluding tert-OH is 1. The highest BCUT2D eigenvalue weighted by Crippen LogP contribution is 2.43. The topological polar surface area (TPSA) is 66.8 Å². The Kier molecular flexibility index (Phi) is 6.82. The van der Waals surface area contributed by atoms with Crippen molar-refractivity contribution in [2.75, 3.05) is 7.11 Å². The van der Waals surface area contributed by atoms with E-state index in [0.29, 0.717) is 11.1 Å². The van der Waals surface area contributed by atoms with Crippen molar-refractivity contribution in [3.63, 3.8) is 0 Å². The van der Waals surface area contributed by atoms with E-state index in [2.05, 4.69) is 0 Å². The summed E-state index contributed by atoms with van der Waals surface area (Å²) >= 11 is 6.28. The van der Waals surface area contributed by atoms with Gasteiger partial charge in [-0.3, -0.25) is 9.59 Å². The lowest BCUT2D eigenvalue weighted by Gasteiger charge is -2.26. The molecule has 0 aromatic heterocycles. The molecule has 1 fully saturated rings. The third-order valence-corrected chi connectivity index (χ3v) is 6.19. The number of hydrogen-bond donors (Lipinski definition) is 1. The number of nitrogens with zero attached hydrogens (tertiary/aromatic N) is 1. The van der Waals surface area contributed by atoms with Crippen LogP contribution in [0.2, 0.25) is 5.02 Å². The Labute approximate surface area is 210 Å². The van der Waals surface area contributed by atoms with Crippen LogP contribution in [0.25, 0.3) is 5.76 Å². The first-order valence-corrected chi connectivity index (χ1v) is 11.2. The Morgan fingerprint density at radius 1 is 1.06 bits per heavy atom. The molecule has 0 spiro atoms. The van der Waals surface area contributed by atoms with Crippen molar-refractivity contribution in [3.05, 3.63) is 105 Å². The number of ether oxygens (including phenoxy) is 1. The molecule has 36 heavy (non-hydrogen) atoms. The molecule has 0 saturated carbocycles. The van der Waals surface area contributed by atoms with Crippen molar-refractivity contribution in [3.8, 4) is 5.75 Å². The standard InChI is InChI=1S/C27H21ClF3NO4/c1-15-11-19(25(36-2)20(28)12-15)23(33)21-22(17-8-4-3-5-9-17)32(26(35)24(21)34)14-16-7-6-10-18(13-16)27(29,30)31/h3-13,22,33H,14H2,1-2H3/b23-21+. The van der Waals surface area contributed by atoms with Crippen molar-refractivity contribution < 1.29 is 32.6 Å². The molecule has 1 heterocycles. The molecule has 3 aromatic rings. The number of alkyl halides is 3. The number of carbonyl (C=O) groups excluding carboxylic acids is 2. The Bertz CT molecular complexity index is 1370. The Morgan fingerprint density at radius 3 is 2.39 bits per heavy atom. The molecule has 1 aliphatic heterocycles. The van der Waals surface area contributed by atoms with Gasteiger partial charge in [-0.05, 0) is 47.9 Å². The summed E-state index contributed by atoms with van der Waals surface area (Å²) in [4.78, 5) is 27.6. The van der Waals surface area contributed by atoms with E-state index in [-0.39, 0.29) is 34.0 Å². The molecule has 1 N–H and O–H groups in total. The highest BCUT2D eigenvalue weighted by Gasteiger charge is 2.46. The van der Waals surface area contributed by atoms with Crippen LogP contribution in [0, 0.1) is 6.92 Å². The fraction of sp³-hybridized carbons (Fsp3) is 0.185. The first-order valence-electron chi connectivity index (χ1n) is 10.9. The average Bonchev–Trinajstić information content (AvgIpc) is 3.08. The van der Waals surface area contributed by atoms with Gasteiger partial charge in [0.15, 0.2) is 0 Å². The second-order valence-corrected chi connectivity index (χ2v) is 8.77. The van der Waals surface area contributed by atoms with Gasteiger partial charge in [0.1, 0.15) is 11.5 Å². The molecule has 1 aliphatic rings. The summed E-state index contributed by atoms with van der Waals surface area (Å²) in [6.45, 7) is 1.46. The van der Waals surface area contributed by atoms with Crippen molar-refractivity contribution in [2.24, 2.45) is 0 Å². The van der Waals surface area contributed by atoms with Gasteiger partial charge in [-0.2, -0.15) is 13.2 Å². The predicted octanol–water partition coefficient (Wildman–Crippen LogP) is 6.30. The molecular weight excluding hydrogens is 495 g/mol. The fourth-order valence-electron chi connectivity index (χ4n) is 4.33. The lowest BCUT2D eigenvalue weighted by molar-refractivity contribution is -0.140. The van der Waals surface area contributed by atoms with Crippen LogP contribution in [-0.2, 0) is 22.3 Å². The number of rotatable bonds is 5. The Balaban J connectivity index is 1.89. The van der Waals surface area contributed by atoms with Gasteiger partial charge in [0, 0.05) is 6.54 Å². The molecule has 1 saturated heterocycles. The second kappa shape index (κ2) is 9.70. The molecule has 0 bridgehead atoms. The van der Waals surface area contributed by atoms with E-state index in [1.54, 1.807) is 49.4 Å². The van der Waals surface area contributed by atoms with Crippen LogP contribution in [0.1, 0.15) is 33.9 Å². The number of ketones is 1. The SMILES string of the molecule is COc1c(Cl)cc(C)cc1/C(O)=C1\C(=O)C(=O)N(Cc2cccc(C(F)(F)F)c2)C1c1ccccc1. The summed E-state index contributed by atoms with van der Waals surface area (Å²) in [6, 6.07) is 15.2. The number of hydrogen-bond acceptors (Lipinski definition) is 4. The number of carbonyl (C=O) groups is 2. The largest absolute Gasteiger partial charge is 0.507 e. The van der Waals surface area contributed by atoms with E-state index in [9.17, 15) is 27.9 Å². The molecule has 0 radical (unpaired) electrons. The van der Waals surface area contributed by atoms with Crippen LogP contribution in [0.3, 0.4) is 0 Å². The minimum absolute atomic E-state index is 0.121. The fourth-order valence-corrected chi connectivity index (χ4v) is 4.68. The monoisotopic (exact) mass is 515 g/mol. The summed E-state index contributed by atoms with van der Waals surface area (Å²) in [5, 5.41) is 11.5. The van der Waals surface area contributed by atoms with E-state index < -0.39 is 35.2 Å². The molecule has 186 valence electrons. The zero-order chi connectivity index (χ0) is 26.2. The smallest absolute Gasteiger partial charge is 0.416 e. The van der Waals surface area contributed by atoms with Crippen LogP contribution in [0.15, 0.2) is 72.3 Å². The molecular formula is C27H21ClF3NO4. The number of methoxy groups -OCH3 is 1. The molecule has 9 heteroatoms. The third-order valence-electron chi connectivity index (χ3n) is 5.91. The summed E-state index contributed by atoms with van der Waals surface area (Å²) in [5.41, 5.74) is 0.411. The molecule has 1 unspecified atom stereocenters. The summed E-state index contributed by atoms with van der Waals surface area (Å²) in [5.74, 6) is -2.28. The first kappa shape index (κ1) is 25.3. The number of aliphatic hydroxyl groups is 1. The molecule has 5 nitrogen and oxygen atoms in total. The van der Waals surface area contributed by atoms with E-state index in [1.165, 1.54) is 19.2 Å². The number of amides is 1. The van der Waals surface area contributed by atoms with Crippen molar-refractivity contribution in [2.45, 2.75) is 25.7 Å². The maximum absolute atomic E-state index is 13.3. The molecule has 3 aromatic carbocycles. The maximum atomic E-state index is 13.3. The zero-order valence-corrected chi connectivity index (χ0v) is 20.0. The molecule has 0 aliphatic carbocycles. The van der Waals surface area contributed by atoms with Crippen molar-refractivity contribution in [1.29, 1.82) is 0 Å². The lowest BCUT2D eigenvalue weighted by Crippen LogP contribution is -2.29. The maximum Gasteiger partial charge on any atom is 0.416 e.